The first kappa shape index (κ1) is 13.9. The summed E-state index contributed by atoms with van der Waals surface area (Å²) in [5, 5.41) is 11.2. The van der Waals surface area contributed by atoms with E-state index < -0.39 is 4.92 Å². The van der Waals surface area contributed by atoms with Crippen LogP contribution in [-0.4, -0.2) is 12.0 Å². The summed E-state index contributed by atoms with van der Waals surface area (Å²) in [5.74, 6) is 6.87. The maximum Gasteiger partial charge on any atom is 0.316 e. The second-order valence-corrected chi connectivity index (χ2v) is 4.44. The average molecular weight is 276 g/mol. The summed E-state index contributed by atoms with van der Waals surface area (Å²) >= 11 is 0. The summed E-state index contributed by atoms with van der Waals surface area (Å²) in [4.78, 5) is 12.5. The van der Waals surface area contributed by atoms with Crippen LogP contribution in [-0.2, 0) is 6.54 Å². The molecule has 20 heavy (non-hydrogen) atoms. The Morgan fingerprint density at radius 1 is 1.40 bits per heavy atom. The molecule has 0 aliphatic heterocycles. The van der Waals surface area contributed by atoms with Crippen molar-refractivity contribution in [2.75, 3.05) is 17.4 Å². The molecule has 7 heteroatoms. The quantitative estimate of drug-likeness (QED) is 0.494. The van der Waals surface area contributed by atoms with Gasteiger partial charge in [-0.3, -0.25) is 16.0 Å². The van der Waals surface area contributed by atoms with Gasteiger partial charge in [-0.2, -0.15) is 0 Å². The van der Waals surface area contributed by atoms with E-state index in [1.807, 2.05) is 19.1 Å². The van der Waals surface area contributed by atoms with Crippen molar-refractivity contribution in [2.45, 2.75) is 13.5 Å². The van der Waals surface area contributed by atoms with Gasteiger partial charge in [-0.15, -0.1) is 0 Å². The maximum absolute atomic E-state index is 11.2. The monoisotopic (exact) mass is 276 g/mol. The van der Waals surface area contributed by atoms with Crippen molar-refractivity contribution in [3.05, 3.63) is 52.0 Å². The van der Waals surface area contributed by atoms with Crippen LogP contribution in [0.3, 0.4) is 0 Å². The molecule has 0 saturated heterocycles. The molecule has 0 bridgehead atoms. The summed E-state index contributed by atoms with van der Waals surface area (Å²) in [6, 6.07) is 8.65. The van der Waals surface area contributed by atoms with E-state index in [0.29, 0.717) is 12.2 Å². The van der Waals surface area contributed by atoms with Gasteiger partial charge in [0.05, 0.1) is 11.5 Å². The number of anilines is 2. The number of benzene rings is 1. The minimum atomic E-state index is -0.450. The van der Waals surface area contributed by atoms with Crippen LogP contribution in [0.1, 0.15) is 11.5 Å². The highest BCUT2D eigenvalue weighted by Gasteiger charge is 2.22. The molecule has 0 saturated carbocycles. The Bertz CT molecular complexity index is 624. The van der Waals surface area contributed by atoms with E-state index in [1.165, 1.54) is 0 Å². The highest BCUT2D eigenvalue weighted by atomic mass is 16.6. The van der Waals surface area contributed by atoms with E-state index in [4.69, 9.17) is 10.3 Å². The summed E-state index contributed by atoms with van der Waals surface area (Å²) in [7, 11) is 1.76. The number of furan rings is 1. The normalized spacial score (nSPS) is 10.3. The van der Waals surface area contributed by atoms with Crippen molar-refractivity contribution in [3.63, 3.8) is 0 Å². The lowest BCUT2D eigenvalue weighted by Crippen LogP contribution is -2.18. The third-order valence-electron chi connectivity index (χ3n) is 2.95. The predicted molar refractivity (Wildman–Crippen MR) is 76.5 cm³/mol. The second kappa shape index (κ2) is 5.62. The Morgan fingerprint density at radius 3 is 2.70 bits per heavy atom. The van der Waals surface area contributed by atoms with E-state index in [-0.39, 0.29) is 11.4 Å². The van der Waals surface area contributed by atoms with E-state index in [2.05, 4.69) is 5.43 Å². The van der Waals surface area contributed by atoms with Gasteiger partial charge in [-0.05, 0) is 31.2 Å². The molecule has 2 rings (SSSR count). The van der Waals surface area contributed by atoms with E-state index >= 15 is 0 Å². The van der Waals surface area contributed by atoms with Gasteiger partial charge in [0.2, 0.25) is 0 Å². The zero-order valence-corrected chi connectivity index (χ0v) is 11.3. The van der Waals surface area contributed by atoms with Crippen molar-refractivity contribution in [1.82, 2.24) is 0 Å². The molecule has 0 aliphatic rings. The molecule has 0 unspecified atom stereocenters. The van der Waals surface area contributed by atoms with Gasteiger partial charge in [0, 0.05) is 7.05 Å². The first-order valence-corrected chi connectivity index (χ1v) is 6.03. The van der Waals surface area contributed by atoms with E-state index in [1.54, 1.807) is 30.1 Å². The smallest absolute Gasteiger partial charge is 0.316 e. The van der Waals surface area contributed by atoms with Crippen molar-refractivity contribution < 1.29 is 9.34 Å². The minimum absolute atomic E-state index is 0.0548. The predicted octanol–water partition coefficient (Wildman–Crippen LogP) is 2.42. The van der Waals surface area contributed by atoms with Crippen molar-refractivity contribution in [1.29, 1.82) is 0 Å². The summed E-state index contributed by atoms with van der Waals surface area (Å²) in [6.45, 7) is 2.29. The Morgan fingerprint density at radius 2 is 2.15 bits per heavy atom. The molecule has 0 atom stereocenters. The molecule has 0 amide bonds. The Hall–Kier alpha value is -2.54. The topological polar surface area (TPSA) is 97.6 Å². The fraction of sp³-hybridized carbons (Fsp3) is 0.231. The molecular weight excluding hydrogens is 260 g/mol. The van der Waals surface area contributed by atoms with Crippen molar-refractivity contribution in [3.8, 4) is 0 Å². The molecule has 1 heterocycles. The average Bonchev–Trinajstić information content (AvgIpc) is 2.82. The van der Waals surface area contributed by atoms with Crippen LogP contribution < -0.4 is 16.2 Å². The van der Waals surface area contributed by atoms with Gasteiger partial charge in [0.25, 0.3) is 0 Å². The molecule has 106 valence electrons. The lowest BCUT2D eigenvalue weighted by molar-refractivity contribution is -0.383. The van der Waals surface area contributed by atoms with Crippen LogP contribution in [0.15, 0.2) is 34.7 Å². The number of hydrazine groups is 1. The number of para-hydroxylation sites is 1. The lowest BCUT2D eigenvalue weighted by atomic mass is 10.2. The van der Waals surface area contributed by atoms with Crippen LogP contribution >= 0.6 is 0 Å². The maximum atomic E-state index is 11.2. The van der Waals surface area contributed by atoms with Crippen LogP contribution in [0.4, 0.5) is 17.1 Å². The zero-order valence-electron chi connectivity index (χ0n) is 11.3. The number of nitrogens with zero attached hydrogens (tertiary/aromatic N) is 2. The number of hydrogen-bond acceptors (Lipinski definition) is 6. The molecule has 2 aromatic rings. The van der Waals surface area contributed by atoms with Gasteiger partial charge < -0.3 is 14.7 Å². The number of nitrogens with two attached hydrogens (primary N) is 1. The highest BCUT2D eigenvalue weighted by Crippen LogP contribution is 2.35. The molecule has 0 fully saturated rings. The van der Waals surface area contributed by atoms with Gasteiger partial charge in [-0.1, -0.05) is 6.07 Å². The second-order valence-electron chi connectivity index (χ2n) is 4.44. The zero-order chi connectivity index (χ0) is 14.7. The number of nitrogens with one attached hydrogen (secondary N) is 1. The van der Waals surface area contributed by atoms with Gasteiger partial charge in [-0.25, -0.2) is 0 Å². The summed E-state index contributed by atoms with van der Waals surface area (Å²) < 4.78 is 5.48. The summed E-state index contributed by atoms with van der Waals surface area (Å²) in [5.41, 5.74) is 3.04. The van der Waals surface area contributed by atoms with Crippen molar-refractivity contribution >= 4 is 17.1 Å². The van der Waals surface area contributed by atoms with E-state index in [0.717, 1.165) is 11.5 Å². The molecule has 1 aromatic heterocycles. The van der Waals surface area contributed by atoms with E-state index in [9.17, 15) is 10.1 Å². The van der Waals surface area contributed by atoms with Crippen LogP contribution in [0.25, 0.3) is 0 Å². The molecule has 0 spiro atoms. The Labute approximate surface area is 116 Å². The fourth-order valence-corrected chi connectivity index (χ4v) is 2.04. The SMILES string of the molecule is Cc1ccc(CN(C)c2cccc(NN)c2[N+](=O)[O-])o1. The van der Waals surface area contributed by atoms with Crippen LogP contribution in [0.5, 0.6) is 0 Å². The number of nitrogen functional groups attached to an aromatic ring is 1. The summed E-state index contributed by atoms with van der Waals surface area (Å²) in [6.07, 6.45) is 0. The largest absolute Gasteiger partial charge is 0.464 e. The first-order valence-electron chi connectivity index (χ1n) is 6.03. The van der Waals surface area contributed by atoms with Crippen molar-refractivity contribution in [2.24, 2.45) is 5.84 Å². The third-order valence-corrected chi connectivity index (χ3v) is 2.95. The number of nitro groups is 1. The number of nitro benzene ring substituents is 1. The minimum Gasteiger partial charge on any atom is -0.464 e. The number of aryl methyl sites for hydroxylation is 1. The lowest BCUT2D eigenvalue weighted by Gasteiger charge is -2.18. The third kappa shape index (κ3) is 2.72. The number of rotatable bonds is 5. The van der Waals surface area contributed by atoms with Gasteiger partial charge >= 0.3 is 5.69 Å². The number of hydrogen-bond donors (Lipinski definition) is 2. The first-order chi connectivity index (χ1) is 9.52. The van der Waals surface area contributed by atoms with Gasteiger partial charge in [0.1, 0.15) is 22.9 Å². The molecule has 3 N–H and O–H groups in total. The molecule has 0 aliphatic carbocycles. The highest BCUT2D eigenvalue weighted by molar-refractivity contribution is 5.76. The standard InChI is InChI=1S/C13H16N4O3/c1-9-6-7-10(20-9)8-16(2)12-5-3-4-11(15-14)13(12)17(18)19/h3-7,15H,8,14H2,1-2H3. The van der Waals surface area contributed by atoms with Crippen LogP contribution in [0.2, 0.25) is 0 Å². The Balaban J connectivity index is 2.34. The molecule has 1 aromatic carbocycles. The van der Waals surface area contributed by atoms with Gasteiger partial charge in [0.15, 0.2) is 0 Å². The molecule has 0 radical (unpaired) electrons. The molecular formula is C13H16N4O3. The molecule has 7 nitrogen and oxygen atoms in total. The van der Waals surface area contributed by atoms with Crippen LogP contribution in [0, 0.1) is 17.0 Å². The Kier molecular flexibility index (Phi) is 3.90. The fourth-order valence-electron chi connectivity index (χ4n) is 2.04.